The zero-order valence-corrected chi connectivity index (χ0v) is 10.3. The molecule has 5 nitrogen and oxygen atoms in total. The first-order valence-corrected chi connectivity index (χ1v) is 5.78. The van der Waals surface area contributed by atoms with Crippen molar-refractivity contribution in [3.63, 3.8) is 0 Å². The van der Waals surface area contributed by atoms with Crippen LogP contribution in [0.15, 0.2) is 12.1 Å². The monoisotopic (exact) mass is 273 g/mol. The maximum absolute atomic E-state index is 13.0. The summed E-state index contributed by atoms with van der Waals surface area (Å²) in [5, 5.41) is 10.7. The van der Waals surface area contributed by atoms with Crippen molar-refractivity contribution >= 4 is 11.7 Å². The van der Waals surface area contributed by atoms with Gasteiger partial charge in [0, 0.05) is 0 Å². The molecule has 0 amide bonds. The Bertz CT molecular complexity index is 491. The Morgan fingerprint density at radius 3 is 2.53 bits per heavy atom. The molecule has 1 aromatic rings. The molecule has 7 heteroatoms. The molecular formula is C12H13F2NO4. The highest BCUT2D eigenvalue weighted by Gasteiger charge is 2.24. The number of carbonyl (C=O) groups is 1. The van der Waals surface area contributed by atoms with E-state index in [1.165, 1.54) is 0 Å². The number of rotatable bonds is 6. The molecular weight excluding hydrogens is 260 g/mol. The lowest BCUT2D eigenvalue weighted by atomic mass is 10.1. The van der Waals surface area contributed by atoms with Crippen LogP contribution in [0, 0.1) is 21.7 Å². The minimum atomic E-state index is -1.38. The van der Waals surface area contributed by atoms with Crippen LogP contribution >= 0.6 is 0 Å². The lowest BCUT2D eigenvalue weighted by molar-refractivity contribution is -0.385. The summed E-state index contributed by atoms with van der Waals surface area (Å²) in [5.41, 5.74) is -1.39. The quantitative estimate of drug-likeness (QED) is 0.345. The fourth-order valence-electron chi connectivity index (χ4n) is 1.45. The van der Waals surface area contributed by atoms with Gasteiger partial charge in [-0.2, -0.15) is 0 Å². The topological polar surface area (TPSA) is 69.4 Å². The second kappa shape index (κ2) is 6.77. The maximum Gasteiger partial charge on any atom is 0.345 e. The average molecular weight is 273 g/mol. The highest BCUT2D eigenvalue weighted by Crippen LogP contribution is 2.23. The molecule has 0 fully saturated rings. The summed E-state index contributed by atoms with van der Waals surface area (Å²) in [6.07, 6.45) is 2.37. The van der Waals surface area contributed by atoms with Gasteiger partial charge in [-0.05, 0) is 12.5 Å². The van der Waals surface area contributed by atoms with Crippen molar-refractivity contribution in [1.29, 1.82) is 0 Å². The van der Waals surface area contributed by atoms with Gasteiger partial charge in [0.15, 0.2) is 11.6 Å². The Morgan fingerprint density at radius 1 is 1.32 bits per heavy atom. The fraction of sp³-hybridized carbons (Fsp3) is 0.417. The second-order valence-electron chi connectivity index (χ2n) is 3.88. The van der Waals surface area contributed by atoms with Gasteiger partial charge in [-0.25, -0.2) is 13.6 Å². The van der Waals surface area contributed by atoms with Gasteiger partial charge in [0.1, 0.15) is 5.56 Å². The number of carbonyl (C=O) groups excluding carboxylic acids is 1. The van der Waals surface area contributed by atoms with E-state index in [1.54, 1.807) is 0 Å². The minimum absolute atomic E-state index is 0.0861. The first-order chi connectivity index (χ1) is 8.97. The molecule has 0 unspecified atom stereocenters. The summed E-state index contributed by atoms with van der Waals surface area (Å²) in [4.78, 5) is 21.3. The van der Waals surface area contributed by atoms with Crippen molar-refractivity contribution in [3.8, 4) is 0 Å². The van der Waals surface area contributed by atoms with Crippen molar-refractivity contribution in [2.75, 3.05) is 6.61 Å². The number of halogens is 2. The highest BCUT2D eigenvalue weighted by atomic mass is 19.2. The van der Waals surface area contributed by atoms with Gasteiger partial charge in [0.05, 0.1) is 17.6 Å². The third-order valence-corrected chi connectivity index (χ3v) is 2.44. The van der Waals surface area contributed by atoms with Crippen molar-refractivity contribution in [1.82, 2.24) is 0 Å². The third-order valence-electron chi connectivity index (χ3n) is 2.44. The lowest BCUT2D eigenvalue weighted by Crippen LogP contribution is -2.10. The van der Waals surface area contributed by atoms with Gasteiger partial charge >= 0.3 is 5.97 Å². The van der Waals surface area contributed by atoms with Gasteiger partial charge in [0.2, 0.25) is 0 Å². The van der Waals surface area contributed by atoms with Crippen LogP contribution in [0.25, 0.3) is 0 Å². The summed E-state index contributed by atoms with van der Waals surface area (Å²) in [6, 6.07) is 0.855. The molecule has 0 aliphatic rings. The van der Waals surface area contributed by atoms with E-state index in [1.807, 2.05) is 6.92 Å². The van der Waals surface area contributed by atoms with Crippen LogP contribution in [0.1, 0.15) is 36.5 Å². The summed E-state index contributed by atoms with van der Waals surface area (Å²) in [7, 11) is 0. The molecule has 0 N–H and O–H groups in total. The Hall–Kier alpha value is -2.05. The molecule has 0 spiro atoms. The van der Waals surface area contributed by atoms with Crippen molar-refractivity contribution in [2.45, 2.75) is 26.2 Å². The normalized spacial score (nSPS) is 10.3. The molecule has 0 saturated carbocycles. The molecule has 0 aliphatic carbocycles. The Morgan fingerprint density at radius 2 is 1.95 bits per heavy atom. The van der Waals surface area contributed by atoms with Crippen LogP contribution < -0.4 is 0 Å². The van der Waals surface area contributed by atoms with Crippen LogP contribution in [0.4, 0.5) is 14.5 Å². The van der Waals surface area contributed by atoms with Gasteiger partial charge in [0.25, 0.3) is 5.69 Å². The molecule has 0 atom stereocenters. The zero-order valence-electron chi connectivity index (χ0n) is 10.3. The number of benzene rings is 1. The number of hydrogen-bond acceptors (Lipinski definition) is 4. The first-order valence-electron chi connectivity index (χ1n) is 5.78. The molecule has 1 aromatic carbocycles. The number of nitro benzene ring substituents is 1. The zero-order chi connectivity index (χ0) is 14.4. The van der Waals surface area contributed by atoms with E-state index in [0.29, 0.717) is 18.6 Å². The molecule has 1 rings (SSSR count). The molecule has 0 radical (unpaired) electrons. The third kappa shape index (κ3) is 3.97. The second-order valence-corrected chi connectivity index (χ2v) is 3.88. The van der Waals surface area contributed by atoms with E-state index < -0.39 is 33.8 Å². The van der Waals surface area contributed by atoms with Crippen LogP contribution in [-0.4, -0.2) is 17.5 Å². The van der Waals surface area contributed by atoms with Crippen LogP contribution in [0.2, 0.25) is 0 Å². The highest BCUT2D eigenvalue weighted by molar-refractivity contribution is 5.93. The molecule has 0 bridgehead atoms. The first kappa shape index (κ1) is 15.0. The SMILES string of the molecule is CCCCCOC(=O)c1cc(F)c(F)cc1[N+](=O)[O-]. The molecule has 0 heterocycles. The Labute approximate surface area is 108 Å². The smallest absolute Gasteiger partial charge is 0.345 e. The summed E-state index contributed by atoms with van der Waals surface area (Å²) in [5.74, 6) is -3.73. The molecule has 0 aromatic heterocycles. The lowest BCUT2D eigenvalue weighted by Gasteiger charge is -2.05. The predicted octanol–water partition coefficient (Wildman–Crippen LogP) is 3.22. The number of unbranched alkanes of at least 4 members (excludes halogenated alkanes) is 2. The van der Waals surface area contributed by atoms with E-state index in [0.717, 1.165) is 12.8 Å². The molecule has 0 aliphatic heterocycles. The minimum Gasteiger partial charge on any atom is -0.462 e. The predicted molar refractivity (Wildman–Crippen MR) is 62.8 cm³/mol. The largest absolute Gasteiger partial charge is 0.462 e. The number of hydrogen-bond donors (Lipinski definition) is 0. The number of nitro groups is 1. The number of ether oxygens (including phenoxy) is 1. The van der Waals surface area contributed by atoms with E-state index in [9.17, 15) is 23.7 Å². The van der Waals surface area contributed by atoms with Crippen LogP contribution in [-0.2, 0) is 4.74 Å². The van der Waals surface area contributed by atoms with E-state index in [2.05, 4.69) is 0 Å². The van der Waals surface area contributed by atoms with Crippen molar-refractivity contribution < 1.29 is 23.2 Å². The van der Waals surface area contributed by atoms with E-state index in [4.69, 9.17) is 4.74 Å². The van der Waals surface area contributed by atoms with E-state index >= 15 is 0 Å². The number of esters is 1. The summed E-state index contributed by atoms with van der Waals surface area (Å²) in [6.45, 7) is 2.05. The van der Waals surface area contributed by atoms with Crippen molar-refractivity contribution in [2.24, 2.45) is 0 Å². The molecule has 19 heavy (non-hydrogen) atoms. The van der Waals surface area contributed by atoms with Gasteiger partial charge in [-0.15, -0.1) is 0 Å². The number of nitrogens with zero attached hydrogens (tertiary/aromatic N) is 1. The summed E-state index contributed by atoms with van der Waals surface area (Å²) >= 11 is 0. The molecule has 0 saturated heterocycles. The van der Waals surface area contributed by atoms with E-state index in [-0.39, 0.29) is 6.61 Å². The van der Waals surface area contributed by atoms with Crippen molar-refractivity contribution in [3.05, 3.63) is 39.4 Å². The van der Waals surface area contributed by atoms with Gasteiger partial charge < -0.3 is 4.74 Å². The maximum atomic E-state index is 13.0. The Kier molecular flexibility index (Phi) is 5.35. The molecule has 104 valence electrons. The van der Waals surface area contributed by atoms with Gasteiger partial charge in [-0.1, -0.05) is 19.8 Å². The standard InChI is InChI=1S/C12H13F2NO4/c1-2-3-4-5-19-12(16)8-6-9(13)10(14)7-11(8)15(17)18/h6-7H,2-5H2,1H3. The Balaban J connectivity index is 2.89. The van der Waals surface area contributed by atoms with Crippen LogP contribution in [0.3, 0.4) is 0 Å². The summed E-state index contributed by atoms with van der Waals surface area (Å²) < 4.78 is 30.7. The fourth-order valence-corrected chi connectivity index (χ4v) is 1.45. The van der Waals surface area contributed by atoms with Crippen LogP contribution in [0.5, 0.6) is 0 Å². The van der Waals surface area contributed by atoms with Gasteiger partial charge in [-0.3, -0.25) is 10.1 Å². The average Bonchev–Trinajstić information content (AvgIpc) is 2.36.